The van der Waals surface area contributed by atoms with E-state index in [0.717, 1.165) is 0 Å². The van der Waals surface area contributed by atoms with Crippen LogP contribution in [0.4, 0.5) is 5.69 Å². The SMILES string of the molecule is CC[C@@H](Oc1ccc(C(C)(C)C)cc1)C(=O)Nc1cccc(OC)c1. The van der Waals surface area contributed by atoms with Crippen LogP contribution in [0.5, 0.6) is 11.5 Å². The minimum Gasteiger partial charge on any atom is -0.497 e. The minimum absolute atomic E-state index is 0.0897. The Morgan fingerprint density at radius 1 is 1.08 bits per heavy atom. The highest BCUT2D eigenvalue weighted by atomic mass is 16.5. The van der Waals surface area contributed by atoms with Crippen molar-refractivity contribution in [2.75, 3.05) is 12.4 Å². The molecule has 0 spiro atoms. The molecule has 0 aromatic heterocycles. The molecule has 0 heterocycles. The molecule has 1 N–H and O–H groups in total. The maximum atomic E-state index is 12.5. The van der Waals surface area contributed by atoms with E-state index in [1.54, 1.807) is 13.2 Å². The topological polar surface area (TPSA) is 47.6 Å². The Morgan fingerprint density at radius 2 is 1.76 bits per heavy atom. The van der Waals surface area contributed by atoms with Crippen molar-refractivity contribution in [3.63, 3.8) is 0 Å². The van der Waals surface area contributed by atoms with E-state index >= 15 is 0 Å². The van der Waals surface area contributed by atoms with Crippen molar-refractivity contribution in [2.45, 2.75) is 45.6 Å². The van der Waals surface area contributed by atoms with Crippen LogP contribution in [0.25, 0.3) is 0 Å². The van der Waals surface area contributed by atoms with Gasteiger partial charge in [-0.2, -0.15) is 0 Å². The molecule has 0 bridgehead atoms. The summed E-state index contributed by atoms with van der Waals surface area (Å²) in [7, 11) is 1.60. The lowest BCUT2D eigenvalue weighted by Crippen LogP contribution is -2.32. The molecule has 0 aliphatic heterocycles. The molecule has 0 saturated heterocycles. The van der Waals surface area contributed by atoms with Crippen LogP contribution in [-0.2, 0) is 10.2 Å². The number of amides is 1. The molecule has 134 valence electrons. The molecule has 4 nitrogen and oxygen atoms in total. The van der Waals surface area contributed by atoms with Crippen LogP contribution in [-0.4, -0.2) is 19.1 Å². The Kier molecular flexibility index (Phi) is 6.07. The molecule has 2 aromatic carbocycles. The lowest BCUT2D eigenvalue weighted by molar-refractivity contribution is -0.122. The second-order valence-corrected chi connectivity index (χ2v) is 7.01. The van der Waals surface area contributed by atoms with Crippen molar-refractivity contribution in [1.82, 2.24) is 0 Å². The van der Waals surface area contributed by atoms with Crippen molar-refractivity contribution in [3.05, 3.63) is 54.1 Å². The first-order valence-electron chi connectivity index (χ1n) is 8.55. The number of hydrogen-bond acceptors (Lipinski definition) is 3. The highest BCUT2D eigenvalue weighted by Crippen LogP contribution is 2.25. The van der Waals surface area contributed by atoms with Crippen molar-refractivity contribution < 1.29 is 14.3 Å². The zero-order chi connectivity index (χ0) is 18.4. The summed E-state index contributed by atoms with van der Waals surface area (Å²) in [5, 5.41) is 2.88. The lowest BCUT2D eigenvalue weighted by Gasteiger charge is -2.21. The highest BCUT2D eigenvalue weighted by molar-refractivity contribution is 5.94. The summed E-state index contributed by atoms with van der Waals surface area (Å²) in [4.78, 5) is 12.5. The number of nitrogens with one attached hydrogen (secondary N) is 1. The average molecular weight is 341 g/mol. The third-order valence-corrected chi connectivity index (χ3v) is 4.00. The molecule has 0 unspecified atom stereocenters. The Balaban J connectivity index is 2.04. The van der Waals surface area contributed by atoms with Crippen molar-refractivity contribution >= 4 is 11.6 Å². The number of rotatable bonds is 6. The fourth-order valence-electron chi connectivity index (χ4n) is 2.44. The Bertz CT molecular complexity index is 702. The van der Waals surface area contributed by atoms with E-state index in [1.807, 2.05) is 49.4 Å². The zero-order valence-corrected chi connectivity index (χ0v) is 15.6. The standard InChI is InChI=1S/C21H27NO3/c1-6-19(20(23)22-16-8-7-9-18(14-16)24-5)25-17-12-10-15(11-13-17)21(2,3)4/h7-14,19H,6H2,1-5H3,(H,22,23)/t19-/m1/s1. The average Bonchev–Trinajstić information content (AvgIpc) is 2.59. The summed E-state index contributed by atoms with van der Waals surface area (Å²) in [6, 6.07) is 15.2. The van der Waals surface area contributed by atoms with Gasteiger partial charge in [0, 0.05) is 11.8 Å². The second-order valence-electron chi connectivity index (χ2n) is 7.01. The molecule has 0 fully saturated rings. The molecule has 1 amide bonds. The molecule has 0 aliphatic carbocycles. The number of hydrogen-bond donors (Lipinski definition) is 1. The van der Waals surface area contributed by atoms with Gasteiger partial charge in [0.1, 0.15) is 11.5 Å². The third-order valence-electron chi connectivity index (χ3n) is 4.00. The largest absolute Gasteiger partial charge is 0.497 e. The monoisotopic (exact) mass is 341 g/mol. The number of carbonyl (C=O) groups is 1. The van der Waals surface area contributed by atoms with Gasteiger partial charge in [-0.3, -0.25) is 4.79 Å². The van der Waals surface area contributed by atoms with Crippen LogP contribution in [0.15, 0.2) is 48.5 Å². The zero-order valence-electron chi connectivity index (χ0n) is 15.6. The van der Waals surface area contributed by atoms with E-state index in [9.17, 15) is 4.79 Å². The van der Waals surface area contributed by atoms with Crippen LogP contribution < -0.4 is 14.8 Å². The Labute approximate surface area is 150 Å². The molecular weight excluding hydrogens is 314 g/mol. The molecule has 4 heteroatoms. The van der Waals surface area contributed by atoms with Gasteiger partial charge >= 0.3 is 0 Å². The van der Waals surface area contributed by atoms with Gasteiger partial charge in [-0.15, -0.1) is 0 Å². The summed E-state index contributed by atoms with van der Waals surface area (Å²) >= 11 is 0. The van der Waals surface area contributed by atoms with E-state index in [2.05, 4.69) is 26.1 Å². The maximum Gasteiger partial charge on any atom is 0.265 e. The number of benzene rings is 2. The fourth-order valence-corrected chi connectivity index (χ4v) is 2.44. The van der Waals surface area contributed by atoms with Crippen LogP contribution in [0, 0.1) is 0 Å². The van der Waals surface area contributed by atoms with Crippen LogP contribution in [0.3, 0.4) is 0 Å². The van der Waals surface area contributed by atoms with Crippen molar-refractivity contribution in [1.29, 1.82) is 0 Å². The summed E-state index contributed by atoms with van der Waals surface area (Å²) in [6.07, 6.45) is 0.0308. The molecular formula is C21H27NO3. The van der Waals surface area contributed by atoms with Gasteiger partial charge in [0.15, 0.2) is 6.10 Å². The van der Waals surface area contributed by atoms with Gasteiger partial charge in [0.2, 0.25) is 0 Å². The smallest absolute Gasteiger partial charge is 0.265 e. The maximum absolute atomic E-state index is 12.5. The third kappa shape index (κ3) is 5.24. The first-order valence-corrected chi connectivity index (χ1v) is 8.55. The van der Waals surface area contributed by atoms with Gasteiger partial charge in [0.25, 0.3) is 5.91 Å². The van der Waals surface area contributed by atoms with Crippen molar-refractivity contribution in [2.24, 2.45) is 0 Å². The number of ether oxygens (including phenoxy) is 2. The van der Waals surface area contributed by atoms with E-state index < -0.39 is 6.10 Å². The molecule has 1 atom stereocenters. The van der Waals surface area contributed by atoms with Crippen LogP contribution in [0.1, 0.15) is 39.7 Å². The quantitative estimate of drug-likeness (QED) is 0.822. The van der Waals surface area contributed by atoms with Gasteiger partial charge in [-0.05, 0) is 41.7 Å². The summed E-state index contributed by atoms with van der Waals surface area (Å²) in [6.45, 7) is 8.43. The summed E-state index contributed by atoms with van der Waals surface area (Å²) in [5.74, 6) is 1.22. The number of methoxy groups -OCH3 is 1. The predicted molar refractivity (Wildman–Crippen MR) is 101 cm³/mol. The first kappa shape index (κ1) is 18.8. The molecule has 0 aliphatic rings. The van der Waals surface area contributed by atoms with E-state index in [-0.39, 0.29) is 11.3 Å². The minimum atomic E-state index is -0.549. The van der Waals surface area contributed by atoms with E-state index in [1.165, 1.54) is 5.56 Å². The number of carbonyl (C=O) groups excluding carboxylic acids is 1. The predicted octanol–water partition coefficient (Wildman–Crippen LogP) is 4.79. The summed E-state index contributed by atoms with van der Waals surface area (Å²) in [5.41, 5.74) is 2.01. The van der Waals surface area contributed by atoms with Crippen LogP contribution in [0.2, 0.25) is 0 Å². The first-order chi connectivity index (χ1) is 11.8. The Morgan fingerprint density at radius 3 is 2.32 bits per heavy atom. The van der Waals surface area contributed by atoms with Crippen molar-refractivity contribution in [3.8, 4) is 11.5 Å². The molecule has 0 saturated carbocycles. The van der Waals surface area contributed by atoms with Gasteiger partial charge < -0.3 is 14.8 Å². The molecule has 2 aromatic rings. The normalized spacial score (nSPS) is 12.4. The summed E-state index contributed by atoms with van der Waals surface area (Å²) < 4.78 is 11.1. The molecule has 25 heavy (non-hydrogen) atoms. The second kappa shape index (κ2) is 8.06. The van der Waals surface area contributed by atoms with Gasteiger partial charge in [-0.25, -0.2) is 0 Å². The highest BCUT2D eigenvalue weighted by Gasteiger charge is 2.19. The van der Waals surface area contributed by atoms with E-state index in [4.69, 9.17) is 9.47 Å². The Hall–Kier alpha value is -2.49. The molecule has 2 rings (SSSR count). The van der Waals surface area contributed by atoms with E-state index in [0.29, 0.717) is 23.6 Å². The fraction of sp³-hybridized carbons (Fsp3) is 0.381. The lowest BCUT2D eigenvalue weighted by atomic mass is 9.87. The van der Waals surface area contributed by atoms with Gasteiger partial charge in [0.05, 0.1) is 7.11 Å². The molecule has 0 radical (unpaired) electrons. The van der Waals surface area contributed by atoms with Crippen LogP contribution >= 0.6 is 0 Å². The number of anilines is 1. The van der Waals surface area contributed by atoms with Gasteiger partial charge in [-0.1, -0.05) is 45.9 Å².